The minimum Gasteiger partial charge on any atom is -0.378 e. The molecule has 0 radical (unpaired) electrons. The minimum atomic E-state index is -2.95. The van der Waals surface area contributed by atoms with Crippen molar-refractivity contribution in [1.29, 1.82) is 0 Å². The number of hydrogen-bond acceptors (Lipinski definition) is 6. The summed E-state index contributed by atoms with van der Waals surface area (Å²) in [6.45, 7) is 4.74. The van der Waals surface area contributed by atoms with Gasteiger partial charge in [0, 0.05) is 25.7 Å². The summed E-state index contributed by atoms with van der Waals surface area (Å²) in [7, 11) is 1.51. The number of nitrogens with zero attached hydrogens (tertiary/aromatic N) is 4. The van der Waals surface area contributed by atoms with Crippen LogP contribution in [0.2, 0.25) is 0 Å². The number of aryl methyl sites for hydroxylation is 2. The number of fused-ring (bicyclic) bond motifs is 1. The molecule has 0 saturated carbocycles. The SMILES string of the molecule is Cc1nc(NC(C)c2cccc(C(F)F)c2F)c2cc(C(=O)N3CCOCC3)c(=O)n(C)c2n1. The number of carbonyl (C=O) groups excluding carboxylic acids is 1. The van der Waals surface area contributed by atoms with Gasteiger partial charge in [-0.15, -0.1) is 0 Å². The second-order valence-corrected chi connectivity index (χ2v) is 8.10. The average Bonchev–Trinajstić information content (AvgIpc) is 2.81. The minimum absolute atomic E-state index is 0.0386. The van der Waals surface area contributed by atoms with Crippen molar-refractivity contribution in [1.82, 2.24) is 19.4 Å². The number of benzene rings is 1. The number of hydrogen-bond donors (Lipinski definition) is 1. The molecule has 8 nitrogen and oxygen atoms in total. The van der Waals surface area contributed by atoms with Crippen molar-refractivity contribution >= 4 is 22.8 Å². The van der Waals surface area contributed by atoms with Gasteiger partial charge in [-0.2, -0.15) is 0 Å². The van der Waals surface area contributed by atoms with Gasteiger partial charge in [-0.3, -0.25) is 14.2 Å². The number of morpholine rings is 1. The maximum atomic E-state index is 14.7. The molecule has 1 aliphatic rings. The van der Waals surface area contributed by atoms with Crippen LogP contribution in [0, 0.1) is 12.7 Å². The Morgan fingerprint density at radius 2 is 1.85 bits per heavy atom. The summed E-state index contributed by atoms with van der Waals surface area (Å²) in [5.41, 5.74) is -0.914. The van der Waals surface area contributed by atoms with E-state index in [4.69, 9.17) is 4.74 Å². The molecule has 3 aromatic rings. The van der Waals surface area contributed by atoms with Crippen LogP contribution < -0.4 is 10.9 Å². The lowest BCUT2D eigenvalue weighted by Crippen LogP contribution is -2.43. The highest BCUT2D eigenvalue weighted by molar-refractivity contribution is 5.99. The molecular weight excluding hydrogens is 451 g/mol. The lowest BCUT2D eigenvalue weighted by molar-refractivity contribution is 0.0301. The predicted molar refractivity (Wildman–Crippen MR) is 120 cm³/mol. The average molecular weight is 475 g/mol. The molecule has 2 aromatic heterocycles. The highest BCUT2D eigenvalue weighted by Gasteiger charge is 2.25. The number of halogens is 3. The van der Waals surface area contributed by atoms with E-state index >= 15 is 0 Å². The van der Waals surface area contributed by atoms with Crippen LogP contribution in [0.4, 0.5) is 19.0 Å². The molecule has 1 saturated heterocycles. The molecule has 1 amide bonds. The Labute approximate surface area is 193 Å². The van der Waals surface area contributed by atoms with Crippen LogP contribution in [0.3, 0.4) is 0 Å². The predicted octanol–water partition coefficient (Wildman–Crippen LogP) is 3.36. The van der Waals surface area contributed by atoms with Gasteiger partial charge in [0.25, 0.3) is 17.9 Å². The van der Waals surface area contributed by atoms with Crippen molar-refractivity contribution in [3.63, 3.8) is 0 Å². The Bertz CT molecular complexity index is 1310. The van der Waals surface area contributed by atoms with Crippen molar-refractivity contribution in [2.75, 3.05) is 31.6 Å². The van der Waals surface area contributed by atoms with Gasteiger partial charge in [-0.05, 0) is 19.9 Å². The van der Waals surface area contributed by atoms with Crippen LogP contribution >= 0.6 is 0 Å². The molecule has 34 heavy (non-hydrogen) atoms. The van der Waals surface area contributed by atoms with E-state index in [0.717, 1.165) is 6.07 Å². The summed E-state index contributed by atoms with van der Waals surface area (Å²) >= 11 is 0. The maximum Gasteiger partial charge on any atom is 0.266 e. The Balaban J connectivity index is 1.79. The third-order valence-electron chi connectivity index (χ3n) is 5.82. The molecule has 0 bridgehead atoms. The fraction of sp³-hybridized carbons (Fsp3) is 0.391. The van der Waals surface area contributed by atoms with Crippen molar-refractivity contribution in [3.8, 4) is 0 Å². The van der Waals surface area contributed by atoms with Gasteiger partial charge < -0.3 is 15.0 Å². The first-order valence-corrected chi connectivity index (χ1v) is 10.8. The summed E-state index contributed by atoms with van der Waals surface area (Å²) in [4.78, 5) is 36.3. The van der Waals surface area contributed by atoms with Gasteiger partial charge in [-0.25, -0.2) is 23.1 Å². The zero-order valence-electron chi connectivity index (χ0n) is 18.9. The number of nitrogens with one attached hydrogen (secondary N) is 1. The molecule has 0 spiro atoms. The summed E-state index contributed by atoms with van der Waals surface area (Å²) < 4.78 is 47.6. The van der Waals surface area contributed by atoms with E-state index in [1.54, 1.807) is 18.7 Å². The Morgan fingerprint density at radius 1 is 1.18 bits per heavy atom. The highest BCUT2D eigenvalue weighted by Crippen LogP contribution is 2.30. The summed E-state index contributed by atoms with van der Waals surface area (Å²) in [5, 5.41) is 3.42. The van der Waals surface area contributed by atoms with Crippen LogP contribution in [0.15, 0.2) is 29.1 Å². The summed E-state index contributed by atoms with van der Waals surface area (Å²) in [5.74, 6) is -0.834. The van der Waals surface area contributed by atoms with Crippen LogP contribution in [0.25, 0.3) is 11.0 Å². The molecule has 1 fully saturated rings. The van der Waals surface area contributed by atoms with Gasteiger partial charge in [0.15, 0.2) is 0 Å². The molecule has 1 aliphatic heterocycles. The molecule has 1 atom stereocenters. The third kappa shape index (κ3) is 4.35. The van der Waals surface area contributed by atoms with Gasteiger partial charge in [0.05, 0.1) is 30.2 Å². The smallest absolute Gasteiger partial charge is 0.266 e. The first kappa shape index (κ1) is 23.7. The number of carbonyl (C=O) groups is 1. The number of anilines is 1. The van der Waals surface area contributed by atoms with E-state index in [2.05, 4.69) is 15.3 Å². The van der Waals surface area contributed by atoms with Crippen molar-refractivity contribution in [2.45, 2.75) is 26.3 Å². The zero-order valence-corrected chi connectivity index (χ0v) is 18.9. The maximum absolute atomic E-state index is 14.7. The lowest BCUT2D eigenvalue weighted by Gasteiger charge is -2.27. The molecule has 1 unspecified atom stereocenters. The number of aromatic nitrogens is 3. The Morgan fingerprint density at radius 3 is 2.53 bits per heavy atom. The second kappa shape index (κ2) is 9.41. The van der Waals surface area contributed by atoms with Crippen LogP contribution in [-0.2, 0) is 11.8 Å². The van der Waals surface area contributed by atoms with E-state index in [1.807, 2.05) is 0 Å². The van der Waals surface area contributed by atoms with Gasteiger partial charge in [0.2, 0.25) is 0 Å². The molecule has 4 rings (SSSR count). The fourth-order valence-corrected chi connectivity index (χ4v) is 3.99. The standard InChI is InChI=1S/C23H24F3N5O3/c1-12(14-5-4-6-15(18(14)24)19(25)26)27-20-16-11-17(23(33)31-7-9-34-10-8-31)22(32)30(3)21(16)29-13(2)28-20/h4-6,11-12,19H,7-10H2,1-3H3,(H,27,28,29). The molecule has 11 heteroatoms. The van der Waals surface area contributed by atoms with Gasteiger partial charge >= 0.3 is 0 Å². The summed E-state index contributed by atoms with van der Waals surface area (Å²) in [6, 6.07) is 4.50. The molecule has 3 heterocycles. The zero-order chi connectivity index (χ0) is 24.6. The number of rotatable bonds is 5. The number of ether oxygens (including phenoxy) is 1. The first-order chi connectivity index (χ1) is 16.2. The van der Waals surface area contributed by atoms with E-state index in [1.165, 1.54) is 29.8 Å². The second-order valence-electron chi connectivity index (χ2n) is 8.10. The van der Waals surface area contributed by atoms with E-state index in [-0.39, 0.29) is 22.6 Å². The number of amides is 1. The van der Waals surface area contributed by atoms with Crippen LogP contribution in [-0.4, -0.2) is 51.6 Å². The monoisotopic (exact) mass is 475 g/mol. The van der Waals surface area contributed by atoms with E-state index < -0.39 is 35.3 Å². The van der Waals surface area contributed by atoms with E-state index in [0.29, 0.717) is 37.5 Å². The third-order valence-corrected chi connectivity index (χ3v) is 5.82. The number of pyridine rings is 1. The molecule has 1 N–H and O–H groups in total. The molecule has 1 aromatic carbocycles. The highest BCUT2D eigenvalue weighted by atomic mass is 19.3. The summed E-state index contributed by atoms with van der Waals surface area (Å²) in [6.07, 6.45) is -2.95. The molecule has 180 valence electrons. The molecular formula is C23H24F3N5O3. The quantitative estimate of drug-likeness (QED) is 0.609. The van der Waals surface area contributed by atoms with Crippen LogP contribution in [0.5, 0.6) is 0 Å². The van der Waals surface area contributed by atoms with E-state index in [9.17, 15) is 22.8 Å². The fourth-order valence-electron chi connectivity index (χ4n) is 3.99. The van der Waals surface area contributed by atoms with Crippen molar-refractivity contribution < 1.29 is 22.7 Å². The number of alkyl halides is 2. The normalized spacial score (nSPS) is 15.1. The largest absolute Gasteiger partial charge is 0.378 e. The topological polar surface area (TPSA) is 89.4 Å². The van der Waals surface area contributed by atoms with Crippen molar-refractivity contribution in [2.24, 2.45) is 7.05 Å². The van der Waals surface area contributed by atoms with Gasteiger partial charge in [-0.1, -0.05) is 18.2 Å². The first-order valence-electron chi connectivity index (χ1n) is 10.8. The Kier molecular flexibility index (Phi) is 6.56. The van der Waals surface area contributed by atoms with Gasteiger partial charge in [0.1, 0.15) is 28.7 Å². The molecule has 0 aliphatic carbocycles. The van der Waals surface area contributed by atoms with Crippen LogP contribution in [0.1, 0.15) is 46.7 Å². The lowest BCUT2D eigenvalue weighted by atomic mass is 10.0. The van der Waals surface area contributed by atoms with Crippen molar-refractivity contribution in [3.05, 3.63) is 63.0 Å². The Hall–Kier alpha value is -3.47.